The van der Waals surface area contributed by atoms with Gasteiger partial charge in [-0.15, -0.1) is 0 Å². The molecule has 2 aromatic carbocycles. The van der Waals surface area contributed by atoms with Gasteiger partial charge in [-0.1, -0.05) is 48.5 Å². The van der Waals surface area contributed by atoms with Crippen molar-refractivity contribution in [1.82, 2.24) is 0 Å². The predicted molar refractivity (Wildman–Crippen MR) is 75.3 cm³/mol. The summed E-state index contributed by atoms with van der Waals surface area (Å²) in [7, 11) is 0. The lowest BCUT2D eigenvalue weighted by Crippen LogP contribution is -2.40. The van der Waals surface area contributed by atoms with Gasteiger partial charge < -0.3 is 0 Å². The SMILES string of the molecule is O=C1CCc2ccccc2C12Cc1ccccc1C2. The highest BCUT2D eigenvalue weighted by atomic mass is 16.1. The van der Waals surface area contributed by atoms with Crippen molar-refractivity contribution >= 4 is 5.78 Å². The molecule has 0 N–H and O–H groups in total. The van der Waals surface area contributed by atoms with Crippen molar-refractivity contribution in [3.8, 4) is 0 Å². The lowest BCUT2D eigenvalue weighted by molar-refractivity contribution is -0.124. The second-order valence-corrected chi connectivity index (χ2v) is 5.78. The van der Waals surface area contributed by atoms with Crippen LogP contribution in [0.4, 0.5) is 0 Å². The number of Topliss-reactive ketones (excluding diaryl/α,β-unsaturated/α-hetero) is 1. The number of carbonyl (C=O) groups excluding carboxylic acids is 1. The minimum Gasteiger partial charge on any atom is -0.299 e. The standard InChI is InChI=1S/C18H16O/c19-17-10-9-13-5-3-4-8-16(13)18(17)11-14-6-1-2-7-15(14)12-18/h1-8H,9-12H2. The van der Waals surface area contributed by atoms with Gasteiger partial charge in [0.2, 0.25) is 0 Å². The number of aryl methyl sites for hydroxylation is 1. The van der Waals surface area contributed by atoms with Crippen molar-refractivity contribution < 1.29 is 4.79 Å². The summed E-state index contributed by atoms with van der Waals surface area (Å²) in [6, 6.07) is 17.0. The molecule has 0 saturated heterocycles. The lowest BCUT2D eigenvalue weighted by atomic mass is 9.67. The second-order valence-electron chi connectivity index (χ2n) is 5.78. The number of hydrogen-bond acceptors (Lipinski definition) is 1. The Morgan fingerprint density at radius 2 is 1.32 bits per heavy atom. The normalized spacial score (nSPS) is 19.3. The molecule has 2 aliphatic rings. The molecule has 0 atom stereocenters. The Bertz CT molecular complexity index is 644. The largest absolute Gasteiger partial charge is 0.299 e. The topological polar surface area (TPSA) is 17.1 Å². The molecule has 2 aliphatic carbocycles. The van der Waals surface area contributed by atoms with Crippen LogP contribution in [0.3, 0.4) is 0 Å². The Labute approximate surface area is 113 Å². The van der Waals surface area contributed by atoms with E-state index < -0.39 is 0 Å². The van der Waals surface area contributed by atoms with Gasteiger partial charge in [-0.2, -0.15) is 0 Å². The first-order valence-electron chi connectivity index (χ1n) is 6.98. The summed E-state index contributed by atoms with van der Waals surface area (Å²) >= 11 is 0. The maximum Gasteiger partial charge on any atom is 0.144 e. The van der Waals surface area contributed by atoms with Gasteiger partial charge in [-0.3, -0.25) is 4.79 Å². The minimum absolute atomic E-state index is 0.265. The highest BCUT2D eigenvalue weighted by Crippen LogP contribution is 2.45. The maximum atomic E-state index is 12.6. The van der Waals surface area contributed by atoms with Gasteiger partial charge in [0.1, 0.15) is 5.78 Å². The first kappa shape index (κ1) is 11.0. The van der Waals surface area contributed by atoms with Gasteiger partial charge in [0.05, 0.1) is 5.41 Å². The van der Waals surface area contributed by atoms with E-state index in [-0.39, 0.29) is 5.41 Å². The van der Waals surface area contributed by atoms with Crippen LogP contribution >= 0.6 is 0 Å². The van der Waals surface area contributed by atoms with Gasteiger partial charge in [-0.25, -0.2) is 0 Å². The van der Waals surface area contributed by atoms with Gasteiger partial charge >= 0.3 is 0 Å². The van der Waals surface area contributed by atoms with Crippen LogP contribution in [0.5, 0.6) is 0 Å². The molecule has 0 radical (unpaired) electrons. The van der Waals surface area contributed by atoms with E-state index in [0.29, 0.717) is 12.2 Å². The molecule has 1 spiro atoms. The zero-order valence-electron chi connectivity index (χ0n) is 10.9. The molecule has 0 heterocycles. The predicted octanol–water partition coefficient (Wildman–Crippen LogP) is 3.24. The maximum absolute atomic E-state index is 12.6. The number of benzene rings is 2. The van der Waals surface area contributed by atoms with E-state index >= 15 is 0 Å². The van der Waals surface area contributed by atoms with Crippen LogP contribution in [0.1, 0.15) is 28.7 Å². The van der Waals surface area contributed by atoms with E-state index in [1.165, 1.54) is 22.3 Å². The first-order valence-corrected chi connectivity index (χ1v) is 6.98. The number of hydrogen-bond donors (Lipinski definition) is 0. The average molecular weight is 248 g/mol. The first-order chi connectivity index (χ1) is 9.29. The monoisotopic (exact) mass is 248 g/mol. The number of fused-ring (bicyclic) bond motifs is 3. The molecule has 4 rings (SSSR count). The summed E-state index contributed by atoms with van der Waals surface area (Å²) in [5.74, 6) is 0.433. The summed E-state index contributed by atoms with van der Waals surface area (Å²) in [6.45, 7) is 0. The van der Waals surface area contributed by atoms with Crippen molar-refractivity contribution in [3.05, 3.63) is 70.8 Å². The molecule has 0 fully saturated rings. The summed E-state index contributed by atoms with van der Waals surface area (Å²) in [5, 5.41) is 0. The molecular weight excluding hydrogens is 232 g/mol. The van der Waals surface area contributed by atoms with Crippen molar-refractivity contribution in [2.45, 2.75) is 31.1 Å². The molecule has 0 amide bonds. The molecule has 0 aliphatic heterocycles. The molecule has 1 heteroatoms. The van der Waals surface area contributed by atoms with E-state index in [2.05, 4.69) is 48.5 Å². The summed E-state index contributed by atoms with van der Waals surface area (Å²) in [4.78, 5) is 12.6. The zero-order valence-corrected chi connectivity index (χ0v) is 10.9. The van der Waals surface area contributed by atoms with E-state index in [1.54, 1.807) is 0 Å². The van der Waals surface area contributed by atoms with E-state index in [9.17, 15) is 4.79 Å². The zero-order chi connectivity index (χ0) is 12.9. The average Bonchev–Trinajstić information content (AvgIpc) is 2.84. The number of ketones is 1. The van der Waals surface area contributed by atoms with Crippen molar-refractivity contribution in [2.75, 3.05) is 0 Å². The molecule has 19 heavy (non-hydrogen) atoms. The Morgan fingerprint density at radius 1 is 0.737 bits per heavy atom. The van der Waals surface area contributed by atoms with Crippen molar-refractivity contribution in [2.24, 2.45) is 0 Å². The Kier molecular flexibility index (Phi) is 2.20. The van der Waals surface area contributed by atoms with E-state index in [0.717, 1.165) is 19.3 Å². The molecular formula is C18H16O. The third kappa shape index (κ3) is 1.45. The fourth-order valence-electron chi connectivity index (χ4n) is 3.85. The third-order valence-electron chi connectivity index (χ3n) is 4.79. The fourth-order valence-corrected chi connectivity index (χ4v) is 3.85. The van der Waals surface area contributed by atoms with Crippen LogP contribution in [0.2, 0.25) is 0 Å². The number of carbonyl (C=O) groups is 1. The van der Waals surface area contributed by atoms with E-state index in [4.69, 9.17) is 0 Å². The summed E-state index contributed by atoms with van der Waals surface area (Å²) in [6.07, 6.45) is 3.39. The second kappa shape index (κ2) is 3.80. The van der Waals surface area contributed by atoms with Crippen molar-refractivity contribution in [1.29, 1.82) is 0 Å². The van der Waals surface area contributed by atoms with Crippen LogP contribution in [-0.2, 0) is 29.5 Å². The summed E-state index contributed by atoms with van der Waals surface area (Å²) in [5.41, 5.74) is 5.09. The Hall–Kier alpha value is -1.89. The number of rotatable bonds is 0. The Balaban J connectivity index is 1.90. The van der Waals surface area contributed by atoms with Crippen LogP contribution in [0, 0.1) is 0 Å². The van der Waals surface area contributed by atoms with Gasteiger partial charge in [-0.05, 0) is 41.5 Å². The lowest BCUT2D eigenvalue weighted by Gasteiger charge is -2.34. The smallest absolute Gasteiger partial charge is 0.144 e. The van der Waals surface area contributed by atoms with Crippen molar-refractivity contribution in [3.63, 3.8) is 0 Å². The quantitative estimate of drug-likeness (QED) is 0.699. The van der Waals surface area contributed by atoms with Crippen LogP contribution in [0.25, 0.3) is 0 Å². The van der Waals surface area contributed by atoms with Gasteiger partial charge in [0.15, 0.2) is 0 Å². The molecule has 0 saturated carbocycles. The van der Waals surface area contributed by atoms with Crippen LogP contribution < -0.4 is 0 Å². The highest BCUT2D eigenvalue weighted by molar-refractivity contribution is 5.94. The van der Waals surface area contributed by atoms with Gasteiger partial charge in [0, 0.05) is 6.42 Å². The molecule has 2 aromatic rings. The van der Waals surface area contributed by atoms with Crippen LogP contribution in [-0.4, -0.2) is 5.78 Å². The molecule has 0 bridgehead atoms. The summed E-state index contributed by atoms with van der Waals surface area (Å²) < 4.78 is 0. The molecule has 1 nitrogen and oxygen atoms in total. The molecule has 94 valence electrons. The van der Waals surface area contributed by atoms with E-state index in [1.807, 2.05) is 0 Å². The third-order valence-corrected chi connectivity index (χ3v) is 4.79. The fraction of sp³-hybridized carbons (Fsp3) is 0.278. The molecule has 0 aromatic heterocycles. The minimum atomic E-state index is -0.265. The van der Waals surface area contributed by atoms with Crippen LogP contribution in [0.15, 0.2) is 48.5 Å². The molecule has 0 unspecified atom stereocenters. The Morgan fingerprint density at radius 3 is 2.00 bits per heavy atom. The van der Waals surface area contributed by atoms with Gasteiger partial charge in [0.25, 0.3) is 0 Å². The highest BCUT2D eigenvalue weighted by Gasteiger charge is 2.47.